The third kappa shape index (κ3) is 2.77. The summed E-state index contributed by atoms with van der Waals surface area (Å²) >= 11 is 0. The molecule has 0 aliphatic carbocycles. The van der Waals surface area contributed by atoms with Gasteiger partial charge >= 0.3 is 0 Å². The number of carbonyl (C=O) groups excluding carboxylic acids is 1. The van der Waals surface area contributed by atoms with Gasteiger partial charge in [0.1, 0.15) is 11.5 Å². The second-order valence-corrected chi connectivity index (χ2v) is 3.20. The van der Waals surface area contributed by atoms with Crippen molar-refractivity contribution in [2.24, 2.45) is 0 Å². The van der Waals surface area contributed by atoms with Crippen LogP contribution in [0.5, 0.6) is 0 Å². The van der Waals surface area contributed by atoms with Crippen molar-refractivity contribution in [1.82, 2.24) is 20.4 Å². The Balaban J connectivity index is 1.95. The Bertz CT molecular complexity index is 480. The Morgan fingerprint density at radius 3 is 2.88 bits per heavy atom. The van der Waals surface area contributed by atoms with Crippen molar-refractivity contribution in [3.8, 4) is 0 Å². The maximum Gasteiger partial charge on any atom is 0.271 e. The second-order valence-electron chi connectivity index (χ2n) is 3.20. The highest BCUT2D eigenvalue weighted by Gasteiger charge is 2.08. The van der Waals surface area contributed by atoms with E-state index in [0.717, 1.165) is 0 Å². The fraction of sp³-hybridized carbons (Fsp3) is 0.200. The molecule has 88 valence electrons. The lowest BCUT2D eigenvalue weighted by atomic mass is 10.4. The number of nitrogens with zero attached hydrogens (tertiary/aromatic N) is 3. The van der Waals surface area contributed by atoms with Gasteiger partial charge in [-0.3, -0.25) is 4.79 Å². The summed E-state index contributed by atoms with van der Waals surface area (Å²) in [6, 6.07) is 1.68. The van der Waals surface area contributed by atoms with Crippen LogP contribution in [-0.4, -0.2) is 28.1 Å². The molecule has 17 heavy (non-hydrogen) atoms. The molecule has 0 aliphatic rings. The molecule has 0 aliphatic heterocycles. The summed E-state index contributed by atoms with van der Waals surface area (Å²) < 4.78 is 4.85. The normalized spacial score (nSPS) is 9.94. The first-order valence-corrected chi connectivity index (χ1v) is 4.97. The summed E-state index contributed by atoms with van der Waals surface area (Å²) in [5, 5.41) is 9.00. The van der Waals surface area contributed by atoms with Crippen LogP contribution in [0.4, 0.5) is 5.82 Å². The minimum absolute atomic E-state index is 0.253. The second kappa shape index (κ2) is 5.06. The number of anilines is 1. The quantitative estimate of drug-likeness (QED) is 0.795. The zero-order valence-corrected chi connectivity index (χ0v) is 9.17. The number of rotatable bonds is 4. The Morgan fingerprint density at radius 2 is 2.29 bits per heavy atom. The average Bonchev–Trinajstić information content (AvgIpc) is 2.89. The van der Waals surface area contributed by atoms with Gasteiger partial charge in [0.15, 0.2) is 5.76 Å². The largest absolute Gasteiger partial charge is 0.372 e. The first kappa shape index (κ1) is 11.1. The molecule has 2 aromatic rings. The molecule has 0 bridgehead atoms. The molecule has 7 nitrogen and oxygen atoms in total. The first-order valence-electron chi connectivity index (χ1n) is 4.97. The molecular weight excluding hydrogens is 222 g/mol. The molecule has 2 N–H and O–H groups in total. The maximum atomic E-state index is 11.6. The lowest BCUT2D eigenvalue weighted by Crippen LogP contribution is -2.23. The number of aromatic nitrogens is 3. The van der Waals surface area contributed by atoms with E-state index in [2.05, 4.69) is 25.8 Å². The third-order valence-electron chi connectivity index (χ3n) is 2.06. The van der Waals surface area contributed by atoms with E-state index in [-0.39, 0.29) is 18.1 Å². The van der Waals surface area contributed by atoms with Crippen LogP contribution in [0.25, 0.3) is 0 Å². The number of nitrogens with one attached hydrogen (secondary N) is 2. The Morgan fingerprint density at radius 1 is 1.41 bits per heavy atom. The molecule has 2 rings (SSSR count). The zero-order chi connectivity index (χ0) is 12.1. The minimum Gasteiger partial charge on any atom is -0.372 e. The van der Waals surface area contributed by atoms with E-state index in [1.165, 1.54) is 18.6 Å². The van der Waals surface area contributed by atoms with Crippen molar-refractivity contribution in [3.05, 3.63) is 36.1 Å². The van der Waals surface area contributed by atoms with Gasteiger partial charge in [0, 0.05) is 13.1 Å². The van der Waals surface area contributed by atoms with Crippen LogP contribution < -0.4 is 10.6 Å². The van der Waals surface area contributed by atoms with E-state index in [0.29, 0.717) is 11.6 Å². The topological polar surface area (TPSA) is 92.9 Å². The van der Waals surface area contributed by atoms with Gasteiger partial charge < -0.3 is 15.2 Å². The number of amides is 1. The van der Waals surface area contributed by atoms with E-state index >= 15 is 0 Å². The highest BCUT2D eigenvalue weighted by atomic mass is 16.5. The summed E-state index contributed by atoms with van der Waals surface area (Å²) in [5.74, 6) is 0.881. The van der Waals surface area contributed by atoms with Gasteiger partial charge in [-0.1, -0.05) is 5.16 Å². The van der Waals surface area contributed by atoms with Crippen LogP contribution in [0.3, 0.4) is 0 Å². The fourth-order valence-corrected chi connectivity index (χ4v) is 1.17. The zero-order valence-electron chi connectivity index (χ0n) is 9.17. The van der Waals surface area contributed by atoms with Crippen LogP contribution in [0.15, 0.2) is 29.2 Å². The molecule has 0 aromatic carbocycles. The molecule has 2 heterocycles. The minimum atomic E-state index is -0.309. The number of carbonyl (C=O) groups is 1. The van der Waals surface area contributed by atoms with Crippen molar-refractivity contribution >= 4 is 11.7 Å². The summed E-state index contributed by atoms with van der Waals surface area (Å²) in [6.07, 6.45) is 4.41. The molecule has 0 saturated heterocycles. The molecule has 0 spiro atoms. The molecule has 0 radical (unpaired) electrons. The molecule has 7 heteroatoms. The van der Waals surface area contributed by atoms with Crippen molar-refractivity contribution in [2.45, 2.75) is 6.54 Å². The van der Waals surface area contributed by atoms with Gasteiger partial charge in [-0.15, -0.1) is 0 Å². The summed E-state index contributed by atoms with van der Waals surface area (Å²) in [4.78, 5) is 19.6. The molecule has 0 saturated carbocycles. The summed E-state index contributed by atoms with van der Waals surface area (Å²) in [6.45, 7) is 0.272. The molecular formula is C10H11N5O2. The highest BCUT2D eigenvalue weighted by molar-refractivity contribution is 5.91. The number of hydrogen-bond acceptors (Lipinski definition) is 6. The van der Waals surface area contributed by atoms with Crippen LogP contribution in [-0.2, 0) is 6.54 Å². The maximum absolute atomic E-state index is 11.6. The molecule has 0 atom stereocenters. The van der Waals surface area contributed by atoms with Crippen LogP contribution in [0.2, 0.25) is 0 Å². The lowest BCUT2D eigenvalue weighted by molar-refractivity contribution is 0.0941. The van der Waals surface area contributed by atoms with Crippen molar-refractivity contribution in [2.75, 3.05) is 12.4 Å². The standard InChI is InChI=1S/C10H11N5O2/c1-11-9-6-12-8(5-13-9)10(16)14-4-7-2-3-15-17-7/h2-3,5-6H,4H2,1H3,(H,11,13)(H,14,16). The van der Waals surface area contributed by atoms with Gasteiger partial charge in [-0.25, -0.2) is 9.97 Å². The van der Waals surface area contributed by atoms with Gasteiger partial charge in [-0.2, -0.15) is 0 Å². The molecule has 0 fully saturated rings. The number of hydrogen-bond donors (Lipinski definition) is 2. The van der Waals surface area contributed by atoms with E-state index in [9.17, 15) is 4.79 Å². The van der Waals surface area contributed by atoms with E-state index in [1.54, 1.807) is 13.1 Å². The van der Waals surface area contributed by atoms with Crippen LogP contribution >= 0.6 is 0 Å². The van der Waals surface area contributed by atoms with Gasteiger partial charge in [0.05, 0.1) is 25.1 Å². The Hall–Kier alpha value is -2.44. The Kier molecular flexibility index (Phi) is 3.29. The monoisotopic (exact) mass is 233 g/mol. The van der Waals surface area contributed by atoms with E-state index < -0.39 is 0 Å². The van der Waals surface area contributed by atoms with Gasteiger partial charge in [-0.05, 0) is 0 Å². The van der Waals surface area contributed by atoms with Crippen molar-refractivity contribution in [3.63, 3.8) is 0 Å². The molecule has 1 amide bonds. The Labute approximate surface area is 97.2 Å². The highest BCUT2D eigenvalue weighted by Crippen LogP contribution is 2.00. The van der Waals surface area contributed by atoms with Crippen LogP contribution in [0, 0.1) is 0 Å². The first-order chi connectivity index (χ1) is 8.29. The molecule has 0 unspecified atom stereocenters. The third-order valence-corrected chi connectivity index (χ3v) is 2.06. The van der Waals surface area contributed by atoms with Crippen LogP contribution in [0.1, 0.15) is 16.2 Å². The van der Waals surface area contributed by atoms with Crippen molar-refractivity contribution in [1.29, 1.82) is 0 Å². The van der Waals surface area contributed by atoms with E-state index in [1.807, 2.05) is 0 Å². The predicted molar refractivity (Wildman–Crippen MR) is 59.3 cm³/mol. The predicted octanol–water partition coefficient (Wildman–Crippen LogP) is 0.436. The summed E-state index contributed by atoms with van der Waals surface area (Å²) in [7, 11) is 1.73. The lowest BCUT2D eigenvalue weighted by Gasteiger charge is -2.02. The summed E-state index contributed by atoms with van der Waals surface area (Å²) in [5.41, 5.74) is 0.253. The smallest absolute Gasteiger partial charge is 0.271 e. The van der Waals surface area contributed by atoms with E-state index in [4.69, 9.17) is 4.52 Å². The fourth-order valence-electron chi connectivity index (χ4n) is 1.17. The van der Waals surface area contributed by atoms with Gasteiger partial charge in [0.2, 0.25) is 0 Å². The molecule has 2 aromatic heterocycles. The van der Waals surface area contributed by atoms with Gasteiger partial charge in [0.25, 0.3) is 5.91 Å². The SMILES string of the molecule is CNc1cnc(C(=O)NCc2ccno2)cn1. The van der Waals surface area contributed by atoms with Crippen molar-refractivity contribution < 1.29 is 9.32 Å². The average molecular weight is 233 g/mol.